The Bertz CT molecular complexity index is 549. The third-order valence-electron chi connectivity index (χ3n) is 2.77. The van der Waals surface area contributed by atoms with Gasteiger partial charge in [-0.2, -0.15) is 0 Å². The molecule has 0 saturated carbocycles. The summed E-state index contributed by atoms with van der Waals surface area (Å²) in [6, 6.07) is 9.24. The lowest BCUT2D eigenvalue weighted by atomic mass is 10.0. The van der Waals surface area contributed by atoms with Crippen molar-refractivity contribution in [2.24, 2.45) is 5.73 Å². The molecule has 1 aromatic heterocycles. The van der Waals surface area contributed by atoms with Crippen LogP contribution in [-0.2, 0) is 9.53 Å². The van der Waals surface area contributed by atoms with E-state index in [1.54, 1.807) is 13.1 Å². The largest absolute Gasteiger partial charge is 0.466 e. The number of pyridine rings is 1. The molecule has 0 aliphatic heterocycles. The van der Waals surface area contributed by atoms with E-state index in [9.17, 15) is 4.79 Å². The average Bonchev–Trinajstić information content (AvgIpc) is 2.38. The zero-order chi connectivity index (χ0) is 13.0. The van der Waals surface area contributed by atoms with Crippen LogP contribution in [0.15, 0.2) is 36.5 Å². The summed E-state index contributed by atoms with van der Waals surface area (Å²) in [5, 5.41) is 0.983. The fourth-order valence-electron chi connectivity index (χ4n) is 1.95. The SMILES string of the molecule is CCOC(=O)C[C@@H](N)c1ccnc2ccccc12. The van der Waals surface area contributed by atoms with Crippen LogP contribution < -0.4 is 5.73 Å². The van der Waals surface area contributed by atoms with E-state index in [-0.39, 0.29) is 18.4 Å². The monoisotopic (exact) mass is 244 g/mol. The first kappa shape index (κ1) is 12.5. The topological polar surface area (TPSA) is 65.2 Å². The second-order valence-electron chi connectivity index (χ2n) is 4.03. The van der Waals surface area contributed by atoms with Crippen LogP contribution in [0.25, 0.3) is 10.9 Å². The highest BCUT2D eigenvalue weighted by Crippen LogP contribution is 2.23. The van der Waals surface area contributed by atoms with Crippen LogP contribution in [0.1, 0.15) is 24.9 Å². The van der Waals surface area contributed by atoms with Gasteiger partial charge in [0.15, 0.2) is 0 Å². The molecule has 0 aliphatic rings. The lowest BCUT2D eigenvalue weighted by Crippen LogP contribution is -2.17. The van der Waals surface area contributed by atoms with Gasteiger partial charge in [0.05, 0.1) is 18.5 Å². The zero-order valence-corrected chi connectivity index (χ0v) is 10.3. The van der Waals surface area contributed by atoms with Crippen molar-refractivity contribution in [1.82, 2.24) is 4.98 Å². The van der Waals surface area contributed by atoms with E-state index in [2.05, 4.69) is 4.98 Å². The highest BCUT2D eigenvalue weighted by Gasteiger charge is 2.14. The minimum absolute atomic E-state index is 0.182. The van der Waals surface area contributed by atoms with Crippen molar-refractivity contribution in [2.45, 2.75) is 19.4 Å². The number of carbonyl (C=O) groups excluding carboxylic acids is 1. The molecule has 1 heterocycles. The highest BCUT2D eigenvalue weighted by molar-refractivity contribution is 5.83. The zero-order valence-electron chi connectivity index (χ0n) is 10.3. The summed E-state index contributed by atoms with van der Waals surface area (Å²) >= 11 is 0. The van der Waals surface area contributed by atoms with Gasteiger partial charge in [-0.1, -0.05) is 18.2 Å². The van der Waals surface area contributed by atoms with E-state index in [0.29, 0.717) is 6.61 Å². The molecule has 4 heteroatoms. The predicted octanol–water partition coefficient (Wildman–Crippen LogP) is 2.19. The van der Waals surface area contributed by atoms with Gasteiger partial charge in [-0.05, 0) is 24.6 Å². The highest BCUT2D eigenvalue weighted by atomic mass is 16.5. The number of hydrogen-bond acceptors (Lipinski definition) is 4. The Kier molecular flexibility index (Phi) is 3.89. The smallest absolute Gasteiger partial charge is 0.307 e. The fraction of sp³-hybridized carbons (Fsp3) is 0.286. The van der Waals surface area contributed by atoms with Crippen molar-refractivity contribution >= 4 is 16.9 Å². The molecule has 0 bridgehead atoms. The van der Waals surface area contributed by atoms with Gasteiger partial charge >= 0.3 is 5.97 Å². The van der Waals surface area contributed by atoms with Crippen molar-refractivity contribution in [3.05, 3.63) is 42.1 Å². The summed E-state index contributed by atoms with van der Waals surface area (Å²) in [6.07, 6.45) is 1.89. The van der Waals surface area contributed by atoms with Gasteiger partial charge in [-0.25, -0.2) is 0 Å². The Morgan fingerprint density at radius 2 is 2.17 bits per heavy atom. The molecule has 94 valence electrons. The number of esters is 1. The van der Waals surface area contributed by atoms with Crippen LogP contribution in [0.2, 0.25) is 0 Å². The number of fused-ring (bicyclic) bond motifs is 1. The molecule has 0 radical (unpaired) electrons. The lowest BCUT2D eigenvalue weighted by molar-refractivity contribution is -0.143. The number of carbonyl (C=O) groups is 1. The molecule has 0 saturated heterocycles. The number of ether oxygens (including phenoxy) is 1. The first-order valence-electron chi connectivity index (χ1n) is 5.97. The molecule has 4 nitrogen and oxygen atoms in total. The molecule has 2 N–H and O–H groups in total. The average molecular weight is 244 g/mol. The quantitative estimate of drug-likeness (QED) is 0.837. The lowest BCUT2D eigenvalue weighted by Gasteiger charge is -2.13. The van der Waals surface area contributed by atoms with Gasteiger partial charge < -0.3 is 10.5 Å². The summed E-state index contributed by atoms with van der Waals surface area (Å²) < 4.78 is 4.91. The normalized spacial score (nSPS) is 12.3. The minimum atomic E-state index is -0.364. The van der Waals surface area contributed by atoms with Crippen molar-refractivity contribution in [1.29, 1.82) is 0 Å². The first-order chi connectivity index (χ1) is 8.72. The third kappa shape index (κ3) is 2.65. The summed E-state index contributed by atoms with van der Waals surface area (Å²) in [6.45, 7) is 2.16. The molecule has 0 spiro atoms. The van der Waals surface area contributed by atoms with Crippen molar-refractivity contribution in [3.63, 3.8) is 0 Å². The predicted molar refractivity (Wildman–Crippen MR) is 69.9 cm³/mol. The summed E-state index contributed by atoms with van der Waals surface area (Å²) in [7, 11) is 0. The standard InChI is InChI=1S/C14H16N2O2/c1-2-18-14(17)9-12(15)10-7-8-16-13-6-4-3-5-11(10)13/h3-8,12H,2,9,15H2,1H3/t12-/m1/s1. The van der Waals surface area contributed by atoms with E-state index >= 15 is 0 Å². The fourth-order valence-corrected chi connectivity index (χ4v) is 1.95. The summed E-state index contributed by atoms with van der Waals surface area (Å²) in [4.78, 5) is 15.7. The number of aromatic nitrogens is 1. The Labute approximate surface area is 106 Å². The maximum Gasteiger partial charge on any atom is 0.307 e. The maximum absolute atomic E-state index is 11.4. The van der Waals surface area contributed by atoms with E-state index in [4.69, 9.17) is 10.5 Å². The van der Waals surface area contributed by atoms with Crippen molar-refractivity contribution in [3.8, 4) is 0 Å². The van der Waals surface area contributed by atoms with Crippen LogP contribution >= 0.6 is 0 Å². The van der Waals surface area contributed by atoms with Crippen LogP contribution in [-0.4, -0.2) is 17.6 Å². The van der Waals surface area contributed by atoms with Crippen LogP contribution in [0, 0.1) is 0 Å². The second kappa shape index (κ2) is 5.60. The van der Waals surface area contributed by atoms with Gasteiger partial charge in [0.25, 0.3) is 0 Å². The van der Waals surface area contributed by atoms with Crippen LogP contribution in [0.5, 0.6) is 0 Å². The van der Waals surface area contributed by atoms with Gasteiger partial charge in [0.2, 0.25) is 0 Å². The summed E-state index contributed by atoms with van der Waals surface area (Å²) in [5.74, 6) is -0.272. The van der Waals surface area contributed by atoms with Gasteiger partial charge in [0, 0.05) is 17.6 Å². The Hall–Kier alpha value is -1.94. The maximum atomic E-state index is 11.4. The van der Waals surface area contributed by atoms with E-state index in [1.807, 2.05) is 30.3 Å². The number of nitrogens with two attached hydrogens (primary N) is 1. The molecule has 2 rings (SSSR count). The molecular weight excluding hydrogens is 228 g/mol. The number of nitrogens with zero attached hydrogens (tertiary/aromatic N) is 1. The molecule has 0 amide bonds. The molecule has 0 unspecified atom stereocenters. The van der Waals surface area contributed by atoms with Gasteiger partial charge in [-0.3, -0.25) is 9.78 Å². The molecule has 1 aromatic carbocycles. The number of benzene rings is 1. The van der Waals surface area contributed by atoms with Crippen LogP contribution in [0.4, 0.5) is 0 Å². The summed E-state index contributed by atoms with van der Waals surface area (Å²) in [5.41, 5.74) is 7.87. The Morgan fingerprint density at radius 1 is 1.39 bits per heavy atom. The molecule has 18 heavy (non-hydrogen) atoms. The van der Waals surface area contributed by atoms with Gasteiger partial charge in [0.1, 0.15) is 0 Å². The molecule has 0 aliphatic carbocycles. The molecule has 2 aromatic rings. The van der Waals surface area contributed by atoms with E-state index in [0.717, 1.165) is 16.5 Å². The van der Waals surface area contributed by atoms with Crippen LogP contribution in [0.3, 0.4) is 0 Å². The first-order valence-corrected chi connectivity index (χ1v) is 5.97. The second-order valence-corrected chi connectivity index (χ2v) is 4.03. The van der Waals surface area contributed by atoms with Gasteiger partial charge in [-0.15, -0.1) is 0 Å². The Morgan fingerprint density at radius 3 is 2.94 bits per heavy atom. The number of para-hydroxylation sites is 1. The Balaban J connectivity index is 2.27. The number of rotatable bonds is 4. The van der Waals surface area contributed by atoms with E-state index < -0.39 is 0 Å². The van der Waals surface area contributed by atoms with E-state index in [1.165, 1.54) is 0 Å². The molecule has 0 fully saturated rings. The molecular formula is C14H16N2O2. The van der Waals surface area contributed by atoms with Crippen molar-refractivity contribution in [2.75, 3.05) is 6.61 Å². The van der Waals surface area contributed by atoms with Crippen molar-refractivity contribution < 1.29 is 9.53 Å². The number of hydrogen-bond donors (Lipinski definition) is 1. The minimum Gasteiger partial charge on any atom is -0.466 e. The third-order valence-corrected chi connectivity index (χ3v) is 2.77. The molecule has 1 atom stereocenters.